The lowest BCUT2D eigenvalue weighted by molar-refractivity contribution is -0.142. The van der Waals surface area contributed by atoms with Crippen LogP contribution in [0.15, 0.2) is 0 Å². The van der Waals surface area contributed by atoms with Crippen LogP contribution in [0.5, 0.6) is 0 Å². The maximum Gasteiger partial charge on any atom is 0.327 e. The zero-order valence-electron chi connectivity index (χ0n) is 21.8. The second kappa shape index (κ2) is 10.1. The van der Waals surface area contributed by atoms with Crippen molar-refractivity contribution in [3.8, 4) is 0 Å². The second-order valence-corrected chi connectivity index (χ2v) is 13.9. The average molecular weight is 527 g/mol. The number of amides is 3. The van der Waals surface area contributed by atoms with Gasteiger partial charge in [-0.2, -0.15) is 0 Å². The van der Waals surface area contributed by atoms with Crippen LogP contribution in [0.25, 0.3) is 0 Å². The molecule has 5 fully saturated rings. The average Bonchev–Trinajstić information content (AvgIpc) is 3.42. The van der Waals surface area contributed by atoms with E-state index in [1.807, 2.05) is 18.7 Å². The molecule has 3 saturated carbocycles. The third kappa shape index (κ3) is 5.45. The topological polar surface area (TPSA) is 117 Å². The smallest absolute Gasteiger partial charge is 0.327 e. The molecule has 11 heteroatoms. The molecule has 7 unspecified atom stereocenters. The van der Waals surface area contributed by atoms with Crippen molar-refractivity contribution in [2.24, 2.45) is 11.8 Å². The largest absolute Gasteiger partial charge is 0.381 e. The number of imide groups is 1. The monoisotopic (exact) mass is 526 g/mol. The Labute approximate surface area is 214 Å². The molecule has 0 radical (unpaired) electrons. The van der Waals surface area contributed by atoms with E-state index < -0.39 is 21.2 Å². The first kappa shape index (κ1) is 26.3. The number of hydrogen-bond donors (Lipinski definition) is 2. The lowest BCUT2D eigenvalue weighted by Crippen LogP contribution is -2.65. The van der Waals surface area contributed by atoms with Gasteiger partial charge in [-0.25, -0.2) is 17.9 Å². The van der Waals surface area contributed by atoms with E-state index in [0.717, 1.165) is 38.5 Å². The van der Waals surface area contributed by atoms with E-state index in [4.69, 9.17) is 9.47 Å². The summed E-state index contributed by atoms with van der Waals surface area (Å²) < 4.78 is 40.7. The van der Waals surface area contributed by atoms with Crippen LogP contribution in [-0.4, -0.2) is 92.2 Å². The Morgan fingerprint density at radius 2 is 1.92 bits per heavy atom. The molecule has 3 amide bonds. The number of nitrogens with zero attached hydrogens (tertiary/aromatic N) is 2. The number of rotatable bonds is 8. The predicted octanol–water partition coefficient (Wildman–Crippen LogP) is 1.80. The van der Waals surface area contributed by atoms with Crippen molar-refractivity contribution >= 4 is 22.0 Å². The summed E-state index contributed by atoms with van der Waals surface area (Å²) in [7, 11) is -1.80. The van der Waals surface area contributed by atoms with E-state index in [2.05, 4.69) is 10.0 Å². The van der Waals surface area contributed by atoms with Gasteiger partial charge in [-0.05, 0) is 71.1 Å². The van der Waals surface area contributed by atoms with Crippen LogP contribution in [-0.2, 0) is 24.3 Å². The van der Waals surface area contributed by atoms with Gasteiger partial charge in [0.05, 0.1) is 29.9 Å². The molecule has 2 saturated heterocycles. The lowest BCUT2D eigenvalue weighted by atomic mass is 9.79. The minimum Gasteiger partial charge on any atom is -0.381 e. The maximum atomic E-state index is 13.8. The standard InChI is InChI=1S/C25H42N4O6S/c1-16-26-13-19(35-16)15-29-23(30)21-12-20(36(32,33)27-25(2)9-10-25)7-8-22(21)28(24(29)31)14-17-5-4-6-18(11-17)34-3/h16-22,26-27H,4-15H2,1-3H3. The fourth-order valence-electron chi connectivity index (χ4n) is 6.62. The molecule has 204 valence electrons. The number of carbonyl (C=O) groups is 2. The first-order valence-corrected chi connectivity index (χ1v) is 15.2. The van der Waals surface area contributed by atoms with Crippen molar-refractivity contribution in [3.63, 3.8) is 0 Å². The van der Waals surface area contributed by atoms with E-state index in [9.17, 15) is 18.0 Å². The zero-order valence-corrected chi connectivity index (χ0v) is 22.6. The zero-order chi connectivity index (χ0) is 25.7. The van der Waals surface area contributed by atoms with Crippen molar-refractivity contribution in [3.05, 3.63) is 0 Å². The highest BCUT2D eigenvalue weighted by molar-refractivity contribution is 7.90. The van der Waals surface area contributed by atoms with E-state index in [0.29, 0.717) is 31.8 Å². The summed E-state index contributed by atoms with van der Waals surface area (Å²) in [5, 5.41) is 2.58. The van der Waals surface area contributed by atoms with Gasteiger partial charge in [0.15, 0.2) is 0 Å². The van der Waals surface area contributed by atoms with Crippen molar-refractivity contribution < 1.29 is 27.5 Å². The molecular formula is C25H42N4O6S. The number of nitrogens with one attached hydrogen (secondary N) is 2. The molecule has 10 nitrogen and oxygen atoms in total. The summed E-state index contributed by atoms with van der Waals surface area (Å²) in [4.78, 5) is 30.7. The number of methoxy groups -OCH3 is 1. The van der Waals surface area contributed by atoms with Gasteiger partial charge in [-0.15, -0.1) is 0 Å². The van der Waals surface area contributed by atoms with Crippen LogP contribution in [0.1, 0.15) is 71.6 Å². The van der Waals surface area contributed by atoms with E-state index >= 15 is 0 Å². The van der Waals surface area contributed by atoms with E-state index in [1.165, 1.54) is 4.90 Å². The van der Waals surface area contributed by atoms with E-state index in [1.54, 1.807) is 7.11 Å². The van der Waals surface area contributed by atoms with E-state index in [-0.39, 0.29) is 54.9 Å². The number of ether oxygens (including phenoxy) is 2. The molecule has 0 spiro atoms. The van der Waals surface area contributed by atoms with Gasteiger partial charge in [-0.3, -0.25) is 15.0 Å². The Kier molecular flexibility index (Phi) is 7.41. The molecule has 0 bridgehead atoms. The summed E-state index contributed by atoms with van der Waals surface area (Å²) in [6, 6.07) is -0.512. The van der Waals surface area contributed by atoms with Crippen molar-refractivity contribution in [1.29, 1.82) is 0 Å². The minimum absolute atomic E-state index is 0.124. The molecule has 3 aliphatic carbocycles. The summed E-state index contributed by atoms with van der Waals surface area (Å²) in [5.41, 5.74) is -0.345. The highest BCUT2D eigenvalue weighted by Gasteiger charge is 2.53. The first-order valence-electron chi connectivity index (χ1n) is 13.6. The summed E-state index contributed by atoms with van der Waals surface area (Å²) in [5.74, 6) is -0.454. The number of fused-ring (bicyclic) bond motifs is 1. The van der Waals surface area contributed by atoms with Crippen LogP contribution in [0.2, 0.25) is 0 Å². The van der Waals surface area contributed by atoms with Crippen LogP contribution in [0.3, 0.4) is 0 Å². The van der Waals surface area contributed by atoms with Gasteiger partial charge in [0, 0.05) is 31.8 Å². The Morgan fingerprint density at radius 1 is 1.14 bits per heavy atom. The van der Waals surface area contributed by atoms with Gasteiger partial charge in [0.25, 0.3) is 0 Å². The van der Waals surface area contributed by atoms with Crippen molar-refractivity contribution in [2.75, 3.05) is 26.7 Å². The number of hydrogen-bond acceptors (Lipinski definition) is 7. The molecule has 0 aromatic rings. The molecular weight excluding hydrogens is 484 g/mol. The lowest BCUT2D eigenvalue weighted by Gasteiger charge is -2.49. The second-order valence-electron chi connectivity index (χ2n) is 11.9. The molecule has 2 aliphatic heterocycles. The van der Waals surface area contributed by atoms with Gasteiger partial charge >= 0.3 is 6.03 Å². The Hall–Kier alpha value is -1.27. The third-order valence-electron chi connectivity index (χ3n) is 8.99. The molecule has 0 aromatic carbocycles. The SMILES string of the molecule is COC1CCCC(CN2C(=O)N(CC3CNC(C)O3)C(=O)C3CC(S(=O)(=O)NC4(C)CC4)CCC32)C1. The maximum absolute atomic E-state index is 13.8. The van der Waals surface area contributed by atoms with Crippen LogP contribution < -0.4 is 10.0 Å². The summed E-state index contributed by atoms with van der Waals surface area (Å²) in [6.07, 6.45) is 6.77. The molecule has 2 heterocycles. The number of sulfonamides is 1. The van der Waals surface area contributed by atoms with Crippen molar-refractivity contribution in [1.82, 2.24) is 19.8 Å². The Balaban J connectivity index is 1.36. The Bertz CT molecular complexity index is 956. The number of carbonyl (C=O) groups excluding carboxylic acids is 2. The fraction of sp³-hybridized carbons (Fsp3) is 0.920. The van der Waals surface area contributed by atoms with Crippen LogP contribution in [0.4, 0.5) is 4.79 Å². The molecule has 5 rings (SSSR count). The third-order valence-corrected chi connectivity index (χ3v) is 11.1. The normalized spacial score (nSPS) is 38.8. The van der Waals surface area contributed by atoms with Gasteiger partial charge in [0.2, 0.25) is 15.9 Å². The highest BCUT2D eigenvalue weighted by atomic mass is 32.2. The number of urea groups is 1. The fourth-order valence-corrected chi connectivity index (χ4v) is 8.58. The Morgan fingerprint density at radius 3 is 2.58 bits per heavy atom. The van der Waals surface area contributed by atoms with Crippen LogP contribution >= 0.6 is 0 Å². The van der Waals surface area contributed by atoms with Gasteiger partial charge < -0.3 is 14.4 Å². The molecule has 7 atom stereocenters. The van der Waals surface area contributed by atoms with Gasteiger partial charge in [0.1, 0.15) is 6.23 Å². The summed E-state index contributed by atoms with van der Waals surface area (Å²) in [6.45, 7) is 5.18. The molecule has 5 aliphatic rings. The summed E-state index contributed by atoms with van der Waals surface area (Å²) >= 11 is 0. The first-order chi connectivity index (χ1) is 17.1. The van der Waals surface area contributed by atoms with Crippen molar-refractivity contribution in [2.45, 2.75) is 107 Å². The predicted molar refractivity (Wildman–Crippen MR) is 134 cm³/mol. The minimum atomic E-state index is -3.54. The molecule has 36 heavy (non-hydrogen) atoms. The molecule has 2 N–H and O–H groups in total. The quantitative estimate of drug-likeness (QED) is 0.495. The van der Waals surface area contributed by atoms with Crippen LogP contribution in [0, 0.1) is 11.8 Å². The van der Waals surface area contributed by atoms with Gasteiger partial charge in [-0.1, -0.05) is 6.42 Å². The molecule has 0 aromatic heterocycles. The highest BCUT2D eigenvalue weighted by Crippen LogP contribution is 2.41.